The van der Waals surface area contributed by atoms with Crippen LogP contribution in [0.1, 0.15) is 17.7 Å². The number of nitrogens with one attached hydrogen (secondary N) is 1. The van der Waals surface area contributed by atoms with Gasteiger partial charge in [-0.15, -0.1) is 23.5 Å². The van der Waals surface area contributed by atoms with Gasteiger partial charge in [-0.05, 0) is 29.2 Å². The van der Waals surface area contributed by atoms with Crippen LogP contribution in [0.15, 0.2) is 71.0 Å². The summed E-state index contributed by atoms with van der Waals surface area (Å²) in [5, 5.41) is 5.46. The third-order valence-electron chi connectivity index (χ3n) is 4.25. The molecule has 0 atom stereocenters. The zero-order chi connectivity index (χ0) is 22.1. The summed E-state index contributed by atoms with van der Waals surface area (Å²) in [6.07, 6.45) is -2.13. The van der Waals surface area contributed by atoms with Gasteiger partial charge in [0.15, 0.2) is 0 Å². The zero-order valence-electron chi connectivity index (χ0n) is 16.6. The van der Waals surface area contributed by atoms with Crippen molar-refractivity contribution in [2.24, 2.45) is 0 Å². The van der Waals surface area contributed by atoms with E-state index in [0.717, 1.165) is 11.6 Å². The molecule has 162 valence electrons. The van der Waals surface area contributed by atoms with Crippen molar-refractivity contribution in [1.29, 1.82) is 0 Å². The second-order valence-electron chi connectivity index (χ2n) is 6.55. The van der Waals surface area contributed by atoms with Crippen molar-refractivity contribution in [2.45, 2.75) is 17.5 Å². The molecule has 1 heterocycles. The standard InChI is InChI=1S/C23H21F3N2OS2/c24-23(25,26)21-16-20(18-8-4-5-9-19(18)28-21)31-15-12-27-22(29)11-14-30-13-10-17-6-2-1-3-7-17/h1-10,13,16H,11-12,14-15H2,(H,27,29)/b13-10+. The summed E-state index contributed by atoms with van der Waals surface area (Å²) in [6, 6.07) is 17.7. The lowest BCUT2D eigenvalue weighted by Crippen LogP contribution is -2.25. The number of hydrogen-bond donors (Lipinski definition) is 1. The van der Waals surface area contributed by atoms with Gasteiger partial charge >= 0.3 is 6.18 Å². The van der Waals surface area contributed by atoms with Crippen LogP contribution in [0.5, 0.6) is 0 Å². The summed E-state index contributed by atoms with van der Waals surface area (Å²) in [4.78, 5) is 16.2. The van der Waals surface area contributed by atoms with Crippen molar-refractivity contribution in [2.75, 3.05) is 18.1 Å². The van der Waals surface area contributed by atoms with Crippen molar-refractivity contribution in [3.63, 3.8) is 0 Å². The normalized spacial score (nSPS) is 11.8. The molecular formula is C23H21F3N2OS2. The molecule has 0 unspecified atom stereocenters. The summed E-state index contributed by atoms with van der Waals surface area (Å²) in [6.45, 7) is 0.381. The molecule has 0 saturated carbocycles. The maximum atomic E-state index is 13.1. The van der Waals surface area contributed by atoms with Crippen LogP contribution in [0.25, 0.3) is 17.0 Å². The number of aromatic nitrogens is 1. The number of hydrogen-bond acceptors (Lipinski definition) is 4. The predicted molar refractivity (Wildman–Crippen MR) is 123 cm³/mol. The van der Waals surface area contributed by atoms with E-state index in [1.807, 2.05) is 41.8 Å². The van der Waals surface area contributed by atoms with Crippen molar-refractivity contribution in [3.05, 3.63) is 77.3 Å². The average molecular weight is 463 g/mol. The minimum atomic E-state index is -4.50. The van der Waals surface area contributed by atoms with E-state index < -0.39 is 11.9 Å². The molecule has 0 saturated heterocycles. The molecule has 3 rings (SSSR count). The Morgan fingerprint density at radius 2 is 1.77 bits per heavy atom. The van der Waals surface area contributed by atoms with E-state index in [9.17, 15) is 18.0 Å². The molecule has 3 nitrogen and oxygen atoms in total. The number of amides is 1. The number of carbonyl (C=O) groups excluding carboxylic acids is 1. The molecule has 1 N–H and O–H groups in total. The zero-order valence-corrected chi connectivity index (χ0v) is 18.2. The fourth-order valence-electron chi connectivity index (χ4n) is 2.76. The Hall–Kier alpha value is -2.45. The van der Waals surface area contributed by atoms with Gasteiger partial charge in [0.2, 0.25) is 5.91 Å². The second kappa shape index (κ2) is 11.2. The number of alkyl halides is 3. The van der Waals surface area contributed by atoms with Crippen molar-refractivity contribution < 1.29 is 18.0 Å². The Labute approximate surface area is 187 Å². The molecule has 0 aliphatic rings. The Bertz CT molecular complexity index is 1040. The number of thioether (sulfide) groups is 2. The highest BCUT2D eigenvalue weighted by Crippen LogP contribution is 2.34. The van der Waals surface area contributed by atoms with Crippen LogP contribution in [-0.2, 0) is 11.0 Å². The maximum Gasteiger partial charge on any atom is 0.433 e. The van der Waals surface area contributed by atoms with Gasteiger partial charge < -0.3 is 5.32 Å². The van der Waals surface area contributed by atoms with Crippen molar-refractivity contribution in [3.8, 4) is 0 Å². The lowest BCUT2D eigenvalue weighted by molar-refractivity contribution is -0.141. The highest BCUT2D eigenvalue weighted by molar-refractivity contribution is 8.02. The van der Waals surface area contributed by atoms with Gasteiger partial charge in [0.05, 0.1) is 5.52 Å². The lowest BCUT2D eigenvalue weighted by atomic mass is 10.2. The minimum absolute atomic E-state index is 0.0724. The molecule has 2 aromatic carbocycles. The van der Waals surface area contributed by atoms with Gasteiger partial charge in [-0.3, -0.25) is 4.79 Å². The summed E-state index contributed by atoms with van der Waals surface area (Å²) in [5.41, 5.74) is 0.511. The van der Waals surface area contributed by atoms with Crippen LogP contribution < -0.4 is 5.32 Å². The molecule has 0 fully saturated rings. The SMILES string of the molecule is O=C(CCS/C=C/c1ccccc1)NCCSc1cc(C(F)(F)F)nc2ccccc12. The van der Waals surface area contributed by atoms with E-state index in [0.29, 0.717) is 40.3 Å². The first-order valence-electron chi connectivity index (χ1n) is 9.63. The van der Waals surface area contributed by atoms with Gasteiger partial charge in [0.1, 0.15) is 5.69 Å². The van der Waals surface area contributed by atoms with Gasteiger partial charge in [-0.25, -0.2) is 4.98 Å². The molecule has 31 heavy (non-hydrogen) atoms. The maximum absolute atomic E-state index is 13.1. The molecule has 1 aromatic heterocycles. The van der Waals surface area contributed by atoms with Crippen LogP contribution in [0.3, 0.4) is 0 Å². The Balaban J connectivity index is 1.43. The molecule has 1 amide bonds. The largest absolute Gasteiger partial charge is 0.433 e. The number of rotatable bonds is 9. The monoisotopic (exact) mass is 462 g/mol. The summed E-state index contributed by atoms with van der Waals surface area (Å²) >= 11 is 2.84. The first-order valence-corrected chi connectivity index (χ1v) is 11.7. The summed E-state index contributed by atoms with van der Waals surface area (Å²) in [5.74, 6) is 1.06. The Morgan fingerprint density at radius 1 is 1.03 bits per heavy atom. The second-order valence-corrected chi connectivity index (χ2v) is 8.70. The predicted octanol–water partition coefficient (Wildman–Crippen LogP) is 6.26. The quantitative estimate of drug-likeness (QED) is 0.301. The number of carbonyl (C=O) groups is 1. The number of fused-ring (bicyclic) bond motifs is 1. The molecule has 0 bridgehead atoms. The number of halogens is 3. The van der Waals surface area contributed by atoms with Crippen LogP contribution in [0.4, 0.5) is 13.2 Å². The molecule has 3 aromatic rings. The van der Waals surface area contributed by atoms with Gasteiger partial charge in [-0.2, -0.15) is 13.2 Å². The van der Waals surface area contributed by atoms with E-state index in [1.54, 1.807) is 36.0 Å². The number of benzene rings is 2. The third-order valence-corrected chi connectivity index (χ3v) is 6.08. The molecular weight excluding hydrogens is 441 g/mol. The van der Waals surface area contributed by atoms with Crippen LogP contribution >= 0.6 is 23.5 Å². The fourth-order valence-corrected chi connectivity index (χ4v) is 4.40. The first kappa shape index (κ1) is 23.2. The molecule has 0 radical (unpaired) electrons. The van der Waals surface area contributed by atoms with Gasteiger partial charge in [0.25, 0.3) is 0 Å². The number of nitrogens with zero attached hydrogens (tertiary/aromatic N) is 1. The average Bonchev–Trinajstić information content (AvgIpc) is 2.76. The van der Waals surface area contributed by atoms with Crippen LogP contribution in [0.2, 0.25) is 0 Å². The first-order chi connectivity index (χ1) is 14.9. The van der Waals surface area contributed by atoms with Crippen LogP contribution in [-0.4, -0.2) is 28.9 Å². The third kappa shape index (κ3) is 7.33. The van der Waals surface area contributed by atoms with Crippen molar-refractivity contribution >= 4 is 46.4 Å². The van der Waals surface area contributed by atoms with Gasteiger partial charge in [0, 0.05) is 34.8 Å². The molecule has 0 spiro atoms. The van der Waals surface area contributed by atoms with Gasteiger partial charge in [-0.1, -0.05) is 48.5 Å². The highest BCUT2D eigenvalue weighted by atomic mass is 32.2. The summed E-state index contributed by atoms with van der Waals surface area (Å²) < 4.78 is 39.4. The molecule has 8 heteroatoms. The van der Waals surface area contributed by atoms with E-state index in [1.165, 1.54) is 11.8 Å². The van der Waals surface area contributed by atoms with Crippen LogP contribution in [0, 0.1) is 0 Å². The molecule has 0 aliphatic heterocycles. The van der Waals surface area contributed by atoms with E-state index in [-0.39, 0.29) is 5.91 Å². The van der Waals surface area contributed by atoms with Crippen molar-refractivity contribution in [1.82, 2.24) is 10.3 Å². The number of para-hydroxylation sites is 1. The molecule has 0 aliphatic carbocycles. The smallest absolute Gasteiger partial charge is 0.355 e. The minimum Gasteiger partial charge on any atom is -0.355 e. The number of pyridine rings is 1. The Morgan fingerprint density at radius 3 is 2.55 bits per heavy atom. The topological polar surface area (TPSA) is 42.0 Å². The highest BCUT2D eigenvalue weighted by Gasteiger charge is 2.33. The fraction of sp³-hybridized carbons (Fsp3) is 0.217. The Kier molecular flexibility index (Phi) is 8.43. The van der Waals surface area contributed by atoms with E-state index in [4.69, 9.17) is 0 Å². The van der Waals surface area contributed by atoms with E-state index >= 15 is 0 Å². The van der Waals surface area contributed by atoms with E-state index in [2.05, 4.69) is 10.3 Å². The lowest BCUT2D eigenvalue weighted by Gasteiger charge is -2.11. The summed E-state index contributed by atoms with van der Waals surface area (Å²) in [7, 11) is 0.